The number of thiophene rings is 1. The summed E-state index contributed by atoms with van der Waals surface area (Å²) < 4.78 is 0. The maximum atomic E-state index is 11.9. The molecule has 132 valence electrons. The zero-order chi connectivity index (χ0) is 17.1. The molecule has 0 aromatic carbocycles. The van der Waals surface area contributed by atoms with Crippen LogP contribution in [0.2, 0.25) is 0 Å². The predicted octanol–water partition coefficient (Wildman–Crippen LogP) is 2.37. The van der Waals surface area contributed by atoms with Gasteiger partial charge in [-0.1, -0.05) is 6.42 Å². The number of aryl methyl sites for hydroxylation is 1. The summed E-state index contributed by atoms with van der Waals surface area (Å²) in [4.78, 5) is 19.3. The third kappa shape index (κ3) is 4.09. The van der Waals surface area contributed by atoms with Gasteiger partial charge in [0, 0.05) is 25.0 Å². The van der Waals surface area contributed by atoms with Crippen molar-refractivity contribution in [1.29, 1.82) is 0 Å². The van der Waals surface area contributed by atoms with Crippen LogP contribution in [0.4, 0.5) is 0 Å². The largest absolute Gasteiger partial charge is 0.353 e. The van der Waals surface area contributed by atoms with E-state index in [0.29, 0.717) is 6.04 Å². The highest BCUT2D eigenvalue weighted by molar-refractivity contribution is 7.10. The van der Waals surface area contributed by atoms with Crippen molar-refractivity contribution in [3.05, 3.63) is 21.9 Å². The highest BCUT2D eigenvalue weighted by atomic mass is 32.1. The fraction of sp³-hybridized carbons (Fsp3) is 0.667. The van der Waals surface area contributed by atoms with E-state index in [4.69, 9.17) is 0 Å². The van der Waals surface area contributed by atoms with Crippen LogP contribution in [0, 0.1) is 18.8 Å². The van der Waals surface area contributed by atoms with Crippen LogP contribution in [0.1, 0.15) is 36.1 Å². The summed E-state index contributed by atoms with van der Waals surface area (Å²) in [6.07, 6.45) is 5.31. The maximum absolute atomic E-state index is 11.9. The number of carbonyl (C=O) groups excluding carboxylic acids is 1. The summed E-state index contributed by atoms with van der Waals surface area (Å²) in [7, 11) is 3.53. The monoisotopic (exact) mass is 348 g/mol. The zero-order valence-electron chi connectivity index (χ0n) is 14.8. The molecule has 0 aliphatic heterocycles. The molecule has 2 aliphatic rings. The summed E-state index contributed by atoms with van der Waals surface area (Å²) in [5.74, 6) is 2.46. The van der Waals surface area contributed by atoms with Gasteiger partial charge in [-0.05, 0) is 55.0 Å². The molecule has 1 heterocycles. The Bertz CT molecular complexity index is 610. The van der Waals surface area contributed by atoms with Gasteiger partial charge in [-0.3, -0.25) is 4.79 Å². The van der Waals surface area contributed by atoms with Crippen LogP contribution in [0.3, 0.4) is 0 Å². The van der Waals surface area contributed by atoms with Crippen molar-refractivity contribution < 1.29 is 4.79 Å². The number of hydrogen-bond acceptors (Lipinski definition) is 3. The Labute approximate surface area is 148 Å². The second-order valence-electron chi connectivity index (χ2n) is 7.26. The second-order valence-corrected chi connectivity index (χ2v) is 8.26. The lowest BCUT2D eigenvalue weighted by molar-refractivity contribution is -0.127. The molecule has 1 aromatic heterocycles. The molecule has 2 fully saturated rings. The van der Waals surface area contributed by atoms with E-state index in [1.807, 2.05) is 0 Å². The van der Waals surface area contributed by atoms with Gasteiger partial charge in [-0.25, -0.2) is 4.99 Å². The molecule has 0 radical (unpaired) electrons. The number of nitrogens with one attached hydrogen (secondary N) is 2. The number of rotatable bonds is 5. The van der Waals surface area contributed by atoms with Gasteiger partial charge in [0.05, 0.1) is 6.54 Å². The number of likely N-dealkylation sites (N-methyl/N-ethyl adjacent to an activating group) is 1. The molecule has 5 nitrogen and oxygen atoms in total. The molecule has 2 N–H and O–H groups in total. The van der Waals surface area contributed by atoms with Crippen LogP contribution < -0.4 is 10.6 Å². The summed E-state index contributed by atoms with van der Waals surface area (Å²) in [6.45, 7) is 3.07. The molecule has 0 saturated heterocycles. The van der Waals surface area contributed by atoms with Gasteiger partial charge >= 0.3 is 0 Å². The van der Waals surface area contributed by atoms with E-state index >= 15 is 0 Å². The molecular formula is C18H28N4OS. The maximum Gasteiger partial charge on any atom is 0.243 e. The van der Waals surface area contributed by atoms with E-state index in [1.165, 1.54) is 36.1 Å². The smallest absolute Gasteiger partial charge is 0.243 e. The van der Waals surface area contributed by atoms with Crippen molar-refractivity contribution >= 4 is 23.2 Å². The molecule has 6 heteroatoms. The van der Waals surface area contributed by atoms with E-state index in [-0.39, 0.29) is 12.5 Å². The molecule has 3 atom stereocenters. The van der Waals surface area contributed by atoms with Crippen LogP contribution in [0.25, 0.3) is 0 Å². The fourth-order valence-corrected chi connectivity index (χ4v) is 4.63. The van der Waals surface area contributed by atoms with Crippen LogP contribution in [-0.4, -0.2) is 43.4 Å². The van der Waals surface area contributed by atoms with E-state index in [1.54, 1.807) is 30.3 Å². The quantitative estimate of drug-likeness (QED) is 0.634. The summed E-state index contributed by atoms with van der Waals surface area (Å²) in [6, 6.07) is 2.64. The van der Waals surface area contributed by atoms with Gasteiger partial charge in [0.2, 0.25) is 5.91 Å². The third-order valence-corrected chi connectivity index (χ3v) is 6.34. The molecule has 1 amide bonds. The average Bonchev–Trinajstić information content (AvgIpc) is 3.26. The van der Waals surface area contributed by atoms with Crippen molar-refractivity contribution in [1.82, 2.24) is 15.5 Å². The fourth-order valence-electron chi connectivity index (χ4n) is 3.79. The Morgan fingerprint density at radius 1 is 1.38 bits per heavy atom. The Morgan fingerprint density at radius 2 is 2.21 bits per heavy atom. The first-order valence-corrected chi connectivity index (χ1v) is 9.69. The highest BCUT2D eigenvalue weighted by Gasteiger charge is 2.39. The first-order chi connectivity index (χ1) is 11.5. The second kappa shape index (κ2) is 7.55. The normalized spacial score (nSPS) is 25.8. The molecule has 2 aliphatic carbocycles. The lowest BCUT2D eigenvalue weighted by atomic mass is 9.95. The number of fused-ring (bicyclic) bond motifs is 2. The van der Waals surface area contributed by atoms with Gasteiger partial charge in [0.1, 0.15) is 6.54 Å². The van der Waals surface area contributed by atoms with E-state index in [2.05, 4.69) is 34.0 Å². The molecule has 1 aromatic rings. The zero-order valence-corrected chi connectivity index (χ0v) is 15.7. The Balaban J connectivity index is 1.62. The van der Waals surface area contributed by atoms with Gasteiger partial charge in [0.15, 0.2) is 5.96 Å². The molecular weight excluding hydrogens is 320 g/mol. The SMILES string of the molecule is Cc1ccsc1CNC(=NCC(=O)N(C)C)NC1CC2CCC1C2. The van der Waals surface area contributed by atoms with Crippen LogP contribution >= 0.6 is 11.3 Å². The molecule has 0 spiro atoms. The standard InChI is InChI=1S/C18H28N4OS/c1-12-6-7-24-16(12)10-19-18(20-11-17(23)22(2)3)21-15-9-13-4-5-14(15)8-13/h6-7,13-15H,4-5,8-11H2,1-3H3,(H2,19,20,21). The predicted molar refractivity (Wildman–Crippen MR) is 99.3 cm³/mol. The van der Waals surface area contributed by atoms with Gasteiger partial charge < -0.3 is 15.5 Å². The van der Waals surface area contributed by atoms with Crippen molar-refractivity contribution in [3.8, 4) is 0 Å². The average molecular weight is 349 g/mol. The Morgan fingerprint density at radius 3 is 2.79 bits per heavy atom. The summed E-state index contributed by atoms with van der Waals surface area (Å²) in [5.41, 5.74) is 1.30. The first-order valence-electron chi connectivity index (χ1n) is 8.81. The summed E-state index contributed by atoms with van der Waals surface area (Å²) >= 11 is 1.76. The number of aliphatic imine (C=N–C) groups is 1. The molecule has 2 bridgehead atoms. The van der Waals surface area contributed by atoms with E-state index in [0.717, 1.165) is 24.3 Å². The molecule has 2 saturated carbocycles. The van der Waals surface area contributed by atoms with Crippen molar-refractivity contribution in [2.45, 2.75) is 45.2 Å². The number of nitrogens with zero attached hydrogens (tertiary/aromatic N) is 2. The minimum absolute atomic E-state index is 0.0244. The molecule has 3 unspecified atom stereocenters. The topological polar surface area (TPSA) is 56.7 Å². The Kier molecular flexibility index (Phi) is 5.43. The lowest BCUT2D eigenvalue weighted by Crippen LogP contribution is -2.45. The van der Waals surface area contributed by atoms with E-state index in [9.17, 15) is 4.79 Å². The third-order valence-electron chi connectivity index (χ3n) is 5.32. The van der Waals surface area contributed by atoms with Crippen molar-refractivity contribution in [2.24, 2.45) is 16.8 Å². The summed E-state index contributed by atoms with van der Waals surface area (Å²) in [5, 5.41) is 9.13. The van der Waals surface area contributed by atoms with Gasteiger partial charge in [0.25, 0.3) is 0 Å². The highest BCUT2D eigenvalue weighted by Crippen LogP contribution is 2.44. The minimum atomic E-state index is 0.0244. The van der Waals surface area contributed by atoms with Crippen molar-refractivity contribution in [3.63, 3.8) is 0 Å². The van der Waals surface area contributed by atoms with Crippen LogP contribution in [0.5, 0.6) is 0 Å². The van der Waals surface area contributed by atoms with Crippen LogP contribution in [0.15, 0.2) is 16.4 Å². The van der Waals surface area contributed by atoms with Gasteiger partial charge in [-0.2, -0.15) is 0 Å². The van der Waals surface area contributed by atoms with Gasteiger partial charge in [-0.15, -0.1) is 11.3 Å². The van der Waals surface area contributed by atoms with Crippen molar-refractivity contribution in [2.75, 3.05) is 20.6 Å². The lowest BCUT2D eigenvalue weighted by Gasteiger charge is -2.25. The first kappa shape index (κ1) is 17.3. The number of carbonyl (C=O) groups is 1. The van der Waals surface area contributed by atoms with Crippen LogP contribution in [-0.2, 0) is 11.3 Å². The number of amides is 1. The molecule has 24 heavy (non-hydrogen) atoms. The number of hydrogen-bond donors (Lipinski definition) is 2. The minimum Gasteiger partial charge on any atom is -0.353 e. The van der Waals surface area contributed by atoms with E-state index < -0.39 is 0 Å². The Hall–Kier alpha value is -1.56. The number of guanidine groups is 1. The molecule has 3 rings (SSSR count).